The first-order valence-electron chi connectivity index (χ1n) is 13.3. The lowest BCUT2D eigenvalue weighted by atomic mass is 9.96. The molecule has 0 unspecified atom stereocenters. The second-order valence-electron chi connectivity index (χ2n) is 10.2. The van der Waals surface area contributed by atoms with Crippen LogP contribution in [0, 0.1) is 13.8 Å². The Hall–Kier alpha value is -3.90. The average Bonchev–Trinajstić information content (AvgIpc) is 2.92. The van der Waals surface area contributed by atoms with Gasteiger partial charge in [0.25, 0.3) is 10.0 Å². The third-order valence-corrected chi connectivity index (χ3v) is 8.66. The molecule has 0 spiro atoms. The minimum absolute atomic E-state index is 0.0211. The number of carbonyl (C=O) groups excluding carboxylic acids is 1. The zero-order valence-corrected chi connectivity index (χ0v) is 24.1. The van der Waals surface area contributed by atoms with Gasteiger partial charge in [0.05, 0.1) is 12.0 Å². The SMILES string of the molecule is COc1ccc(N2CCN(C)CC2)c2c1CCN(C(=O)Nc1ccc(S(=O)(=O)Nc3nc(C)cc(C)n3)cc1)C2. The second kappa shape index (κ2) is 11.3. The molecule has 1 saturated heterocycles. The van der Waals surface area contributed by atoms with Gasteiger partial charge in [0.2, 0.25) is 5.95 Å². The molecule has 5 rings (SSSR count). The highest BCUT2D eigenvalue weighted by Crippen LogP contribution is 2.36. The number of amides is 2. The molecule has 3 aromatic rings. The topological polar surface area (TPSA) is 120 Å². The fraction of sp³-hybridized carbons (Fsp3) is 0.393. The van der Waals surface area contributed by atoms with Crippen LogP contribution in [0.3, 0.4) is 0 Å². The number of hydrogen-bond acceptors (Lipinski definition) is 8. The molecular formula is C28H35N7O4S. The molecule has 212 valence electrons. The molecule has 2 N–H and O–H groups in total. The smallest absolute Gasteiger partial charge is 0.322 e. The van der Waals surface area contributed by atoms with Crippen molar-refractivity contribution in [2.45, 2.75) is 31.7 Å². The Bertz CT molecular complexity index is 1480. The number of sulfonamides is 1. The third-order valence-electron chi connectivity index (χ3n) is 7.32. The van der Waals surface area contributed by atoms with Crippen LogP contribution in [-0.4, -0.2) is 81.1 Å². The number of anilines is 3. The summed E-state index contributed by atoms with van der Waals surface area (Å²) in [5, 5.41) is 2.91. The molecule has 40 heavy (non-hydrogen) atoms. The van der Waals surface area contributed by atoms with E-state index in [1.54, 1.807) is 44.1 Å². The van der Waals surface area contributed by atoms with Crippen molar-refractivity contribution in [3.63, 3.8) is 0 Å². The lowest BCUT2D eigenvalue weighted by Gasteiger charge is -2.38. The van der Waals surface area contributed by atoms with Gasteiger partial charge in [-0.1, -0.05) is 0 Å². The standard InChI is InChI=1S/C28H35N7O4S/c1-19-17-20(2)30-27(29-19)32-40(37,38)22-7-5-21(6-8-22)31-28(36)35-12-11-23-24(18-35)25(9-10-26(23)39-4)34-15-13-33(3)14-16-34/h5-10,17H,11-16,18H2,1-4H3,(H,31,36)(H,29,30,32). The van der Waals surface area contributed by atoms with E-state index in [-0.39, 0.29) is 16.9 Å². The van der Waals surface area contributed by atoms with Gasteiger partial charge in [-0.2, -0.15) is 0 Å². The van der Waals surface area contributed by atoms with Crippen molar-refractivity contribution >= 4 is 33.4 Å². The first kappa shape index (κ1) is 27.7. The second-order valence-corrected chi connectivity index (χ2v) is 11.9. The van der Waals surface area contributed by atoms with E-state index in [4.69, 9.17) is 4.74 Å². The van der Waals surface area contributed by atoms with E-state index in [9.17, 15) is 13.2 Å². The van der Waals surface area contributed by atoms with E-state index in [1.165, 1.54) is 12.1 Å². The first-order valence-corrected chi connectivity index (χ1v) is 14.7. The van der Waals surface area contributed by atoms with Gasteiger partial charge in [0, 0.05) is 73.2 Å². The van der Waals surface area contributed by atoms with Crippen LogP contribution in [0.4, 0.5) is 22.1 Å². The Balaban J connectivity index is 1.28. The molecular weight excluding hydrogens is 530 g/mol. The molecule has 12 heteroatoms. The fourth-order valence-corrected chi connectivity index (χ4v) is 6.15. The zero-order chi connectivity index (χ0) is 28.4. The summed E-state index contributed by atoms with van der Waals surface area (Å²) in [4.78, 5) is 28.1. The van der Waals surface area contributed by atoms with Gasteiger partial charge in [0.15, 0.2) is 0 Å². The van der Waals surface area contributed by atoms with Crippen molar-refractivity contribution < 1.29 is 17.9 Å². The summed E-state index contributed by atoms with van der Waals surface area (Å²) in [6, 6.07) is 11.7. The number of rotatable bonds is 6. The number of nitrogens with one attached hydrogen (secondary N) is 2. The van der Waals surface area contributed by atoms with Gasteiger partial charge in [-0.15, -0.1) is 0 Å². The largest absolute Gasteiger partial charge is 0.496 e. The Morgan fingerprint density at radius 3 is 2.25 bits per heavy atom. The monoisotopic (exact) mass is 565 g/mol. The Kier molecular flexibility index (Phi) is 7.81. The fourth-order valence-electron chi connectivity index (χ4n) is 5.21. The quantitative estimate of drug-likeness (QED) is 0.468. The highest BCUT2D eigenvalue weighted by Gasteiger charge is 2.28. The van der Waals surface area contributed by atoms with Crippen LogP contribution in [0.5, 0.6) is 5.75 Å². The molecule has 3 heterocycles. The van der Waals surface area contributed by atoms with E-state index in [0.29, 0.717) is 36.6 Å². The van der Waals surface area contributed by atoms with Crippen LogP contribution in [0.15, 0.2) is 47.4 Å². The number of aryl methyl sites for hydroxylation is 2. The van der Waals surface area contributed by atoms with Gasteiger partial charge in [0.1, 0.15) is 5.75 Å². The van der Waals surface area contributed by atoms with Gasteiger partial charge in [-0.25, -0.2) is 27.9 Å². The number of ether oxygens (including phenoxy) is 1. The molecule has 11 nitrogen and oxygen atoms in total. The van der Waals surface area contributed by atoms with E-state index in [2.05, 4.69) is 42.9 Å². The van der Waals surface area contributed by atoms with Crippen LogP contribution >= 0.6 is 0 Å². The summed E-state index contributed by atoms with van der Waals surface area (Å²) in [5.41, 5.74) is 5.25. The molecule has 2 aliphatic rings. The summed E-state index contributed by atoms with van der Waals surface area (Å²) in [6.45, 7) is 8.40. The zero-order valence-electron chi connectivity index (χ0n) is 23.3. The van der Waals surface area contributed by atoms with Gasteiger partial charge in [-0.3, -0.25) is 0 Å². The van der Waals surface area contributed by atoms with Crippen molar-refractivity contribution in [1.82, 2.24) is 19.8 Å². The van der Waals surface area contributed by atoms with Crippen molar-refractivity contribution in [1.29, 1.82) is 0 Å². The lowest BCUT2D eigenvalue weighted by Crippen LogP contribution is -2.46. The number of methoxy groups -OCH3 is 1. The number of benzene rings is 2. The van der Waals surface area contributed by atoms with Crippen molar-refractivity contribution in [3.05, 3.63) is 65.0 Å². The van der Waals surface area contributed by atoms with Gasteiger partial charge < -0.3 is 24.8 Å². The van der Waals surface area contributed by atoms with E-state index in [0.717, 1.165) is 48.7 Å². The summed E-state index contributed by atoms with van der Waals surface area (Å²) in [6.07, 6.45) is 0.691. The number of urea groups is 1. The normalized spacial score (nSPS) is 15.9. The first-order chi connectivity index (χ1) is 19.1. The van der Waals surface area contributed by atoms with Crippen LogP contribution in [0.2, 0.25) is 0 Å². The van der Waals surface area contributed by atoms with Crippen molar-refractivity contribution in [3.8, 4) is 5.75 Å². The maximum atomic E-state index is 13.3. The number of fused-ring (bicyclic) bond motifs is 1. The molecule has 2 aromatic carbocycles. The number of aromatic nitrogens is 2. The predicted molar refractivity (Wildman–Crippen MR) is 155 cm³/mol. The van der Waals surface area contributed by atoms with E-state index in [1.807, 2.05) is 6.07 Å². The minimum atomic E-state index is -3.89. The van der Waals surface area contributed by atoms with Crippen molar-refractivity contribution in [2.24, 2.45) is 0 Å². The maximum Gasteiger partial charge on any atom is 0.322 e. The van der Waals surface area contributed by atoms with Gasteiger partial charge >= 0.3 is 6.03 Å². The van der Waals surface area contributed by atoms with Crippen LogP contribution in [0.25, 0.3) is 0 Å². The van der Waals surface area contributed by atoms with Crippen LogP contribution in [-0.2, 0) is 23.0 Å². The average molecular weight is 566 g/mol. The number of likely N-dealkylation sites (N-methyl/N-ethyl adjacent to an activating group) is 1. The molecule has 1 aromatic heterocycles. The summed E-state index contributed by atoms with van der Waals surface area (Å²) in [7, 11) is -0.0805. The third kappa shape index (κ3) is 5.97. The summed E-state index contributed by atoms with van der Waals surface area (Å²) >= 11 is 0. The highest BCUT2D eigenvalue weighted by molar-refractivity contribution is 7.92. The number of carbonyl (C=O) groups is 1. The molecule has 1 fully saturated rings. The minimum Gasteiger partial charge on any atom is -0.496 e. The number of hydrogen-bond donors (Lipinski definition) is 2. The van der Waals surface area contributed by atoms with E-state index < -0.39 is 10.0 Å². The van der Waals surface area contributed by atoms with Crippen LogP contribution in [0.1, 0.15) is 22.5 Å². The molecule has 0 bridgehead atoms. The maximum absolute atomic E-state index is 13.3. The van der Waals surface area contributed by atoms with E-state index >= 15 is 0 Å². The molecule has 2 aliphatic heterocycles. The van der Waals surface area contributed by atoms with Gasteiger partial charge in [-0.05, 0) is 69.8 Å². The molecule has 0 radical (unpaired) electrons. The molecule has 0 aliphatic carbocycles. The summed E-state index contributed by atoms with van der Waals surface area (Å²) < 4.78 is 33.8. The molecule has 0 atom stereocenters. The predicted octanol–water partition coefficient (Wildman–Crippen LogP) is 3.24. The Labute approximate surface area is 235 Å². The molecule has 2 amide bonds. The van der Waals surface area contributed by atoms with Crippen LogP contribution < -0.4 is 19.7 Å². The highest BCUT2D eigenvalue weighted by atomic mass is 32.2. The Morgan fingerprint density at radius 2 is 1.60 bits per heavy atom. The molecule has 0 saturated carbocycles. The van der Waals surface area contributed by atoms with Crippen molar-refractivity contribution in [2.75, 3.05) is 61.8 Å². The number of piperazine rings is 1. The summed E-state index contributed by atoms with van der Waals surface area (Å²) in [5.74, 6) is 0.873. The lowest BCUT2D eigenvalue weighted by molar-refractivity contribution is 0.206. The number of nitrogens with zero attached hydrogens (tertiary/aromatic N) is 5. The Morgan fingerprint density at radius 1 is 0.925 bits per heavy atom.